The summed E-state index contributed by atoms with van der Waals surface area (Å²) in [6.45, 7) is 8.22. The molecule has 0 radical (unpaired) electrons. The number of piperidine rings is 1. The molecule has 22 heavy (non-hydrogen) atoms. The van der Waals surface area contributed by atoms with E-state index in [0.717, 1.165) is 31.8 Å². The van der Waals surface area contributed by atoms with Crippen LogP contribution in [0.3, 0.4) is 0 Å². The van der Waals surface area contributed by atoms with Gasteiger partial charge >= 0.3 is 0 Å². The van der Waals surface area contributed by atoms with Gasteiger partial charge in [0.2, 0.25) is 11.8 Å². The molecule has 0 unspecified atom stereocenters. The van der Waals surface area contributed by atoms with E-state index in [2.05, 4.69) is 58.5 Å². The van der Waals surface area contributed by atoms with E-state index in [-0.39, 0.29) is 6.04 Å². The summed E-state index contributed by atoms with van der Waals surface area (Å²) >= 11 is 0. The van der Waals surface area contributed by atoms with E-state index in [9.17, 15) is 0 Å². The van der Waals surface area contributed by atoms with Crippen LogP contribution in [0.4, 0.5) is 5.69 Å². The fourth-order valence-electron chi connectivity index (χ4n) is 3.02. The molecule has 1 fully saturated rings. The largest absolute Gasteiger partial charge is 0.424 e. The Morgan fingerprint density at radius 3 is 2.55 bits per heavy atom. The van der Waals surface area contributed by atoms with Gasteiger partial charge in [-0.1, -0.05) is 18.2 Å². The second-order valence-electron chi connectivity index (χ2n) is 6.10. The van der Waals surface area contributed by atoms with Crippen molar-refractivity contribution in [1.29, 1.82) is 0 Å². The van der Waals surface area contributed by atoms with Crippen molar-refractivity contribution in [3.8, 4) is 0 Å². The Kier molecular flexibility index (Phi) is 4.43. The van der Waals surface area contributed by atoms with Crippen LogP contribution in [0.1, 0.15) is 43.2 Å². The van der Waals surface area contributed by atoms with Crippen molar-refractivity contribution < 1.29 is 4.42 Å². The van der Waals surface area contributed by atoms with Crippen molar-refractivity contribution in [1.82, 2.24) is 15.1 Å². The number of hydrogen-bond donors (Lipinski definition) is 1. The standard InChI is InChI=1S/C17H24N4O/c1-12-6-4-5-7-16(12)18-15-8-10-21(11-9-15)13(2)17-20-19-14(3)22-17/h4-7,13,15,18H,8-11H2,1-3H3/t13-/m1/s1. The topological polar surface area (TPSA) is 54.2 Å². The maximum atomic E-state index is 5.56. The molecule has 118 valence electrons. The molecule has 1 aromatic heterocycles. The number of anilines is 1. The summed E-state index contributed by atoms with van der Waals surface area (Å²) in [7, 11) is 0. The van der Waals surface area contributed by atoms with Gasteiger partial charge in [0.1, 0.15) is 0 Å². The average Bonchev–Trinajstić information content (AvgIpc) is 2.96. The summed E-state index contributed by atoms with van der Waals surface area (Å²) in [5.74, 6) is 1.36. The van der Waals surface area contributed by atoms with E-state index in [4.69, 9.17) is 4.42 Å². The number of benzene rings is 1. The van der Waals surface area contributed by atoms with Crippen LogP contribution in [0, 0.1) is 13.8 Å². The van der Waals surface area contributed by atoms with E-state index in [0.29, 0.717) is 11.9 Å². The van der Waals surface area contributed by atoms with Crippen molar-refractivity contribution in [3.05, 3.63) is 41.6 Å². The van der Waals surface area contributed by atoms with Gasteiger partial charge in [-0.15, -0.1) is 10.2 Å². The molecule has 0 aliphatic carbocycles. The highest BCUT2D eigenvalue weighted by Crippen LogP contribution is 2.25. The van der Waals surface area contributed by atoms with Crippen LogP contribution in [0.5, 0.6) is 0 Å². The first-order valence-electron chi connectivity index (χ1n) is 7.99. The molecule has 1 aliphatic heterocycles. The van der Waals surface area contributed by atoms with Crippen molar-refractivity contribution >= 4 is 5.69 Å². The zero-order valence-electron chi connectivity index (χ0n) is 13.5. The molecule has 0 bridgehead atoms. The first-order valence-corrected chi connectivity index (χ1v) is 7.99. The predicted octanol–water partition coefficient (Wildman–Crippen LogP) is 3.32. The maximum Gasteiger partial charge on any atom is 0.233 e. The highest BCUT2D eigenvalue weighted by atomic mass is 16.4. The Bertz CT molecular complexity index is 617. The summed E-state index contributed by atoms with van der Waals surface area (Å²) in [6, 6.07) is 9.21. The fraction of sp³-hybridized carbons (Fsp3) is 0.529. The van der Waals surface area contributed by atoms with Crippen LogP contribution in [0.2, 0.25) is 0 Å². The Hall–Kier alpha value is -1.88. The summed E-state index contributed by atoms with van der Waals surface area (Å²) in [4.78, 5) is 2.42. The Morgan fingerprint density at radius 1 is 1.18 bits per heavy atom. The van der Waals surface area contributed by atoms with E-state index >= 15 is 0 Å². The van der Waals surface area contributed by atoms with Crippen molar-refractivity contribution in [2.75, 3.05) is 18.4 Å². The molecule has 0 saturated carbocycles. The van der Waals surface area contributed by atoms with Gasteiger partial charge in [-0.2, -0.15) is 0 Å². The molecule has 2 heterocycles. The zero-order chi connectivity index (χ0) is 15.5. The molecule has 1 N–H and O–H groups in total. The smallest absolute Gasteiger partial charge is 0.233 e. The van der Waals surface area contributed by atoms with Crippen LogP contribution in [0.25, 0.3) is 0 Å². The molecule has 5 heteroatoms. The summed E-state index contributed by atoms with van der Waals surface area (Å²) in [5.41, 5.74) is 2.56. The zero-order valence-corrected chi connectivity index (χ0v) is 13.5. The second-order valence-corrected chi connectivity index (χ2v) is 6.10. The number of nitrogens with zero attached hydrogens (tertiary/aromatic N) is 3. The number of para-hydroxylation sites is 1. The summed E-state index contributed by atoms with van der Waals surface area (Å²) in [6.07, 6.45) is 2.26. The van der Waals surface area contributed by atoms with Crippen LogP contribution in [-0.4, -0.2) is 34.2 Å². The Balaban J connectivity index is 1.55. The Morgan fingerprint density at radius 2 is 1.91 bits per heavy atom. The van der Waals surface area contributed by atoms with E-state index in [1.807, 2.05) is 6.92 Å². The monoisotopic (exact) mass is 300 g/mol. The number of rotatable bonds is 4. The highest BCUT2D eigenvalue weighted by molar-refractivity contribution is 5.50. The van der Waals surface area contributed by atoms with Crippen LogP contribution in [0.15, 0.2) is 28.7 Å². The fourth-order valence-corrected chi connectivity index (χ4v) is 3.02. The SMILES string of the molecule is Cc1nnc([C@@H](C)N2CCC(Nc3ccccc3C)CC2)o1. The molecule has 1 atom stereocenters. The van der Waals surface area contributed by atoms with Gasteiger partial charge in [0.15, 0.2) is 0 Å². The van der Waals surface area contributed by atoms with Crippen molar-refractivity contribution in [2.45, 2.75) is 45.7 Å². The minimum Gasteiger partial charge on any atom is -0.424 e. The third kappa shape index (κ3) is 3.30. The lowest BCUT2D eigenvalue weighted by Crippen LogP contribution is -2.40. The van der Waals surface area contributed by atoms with Gasteiger partial charge in [-0.3, -0.25) is 4.90 Å². The lowest BCUT2D eigenvalue weighted by atomic mass is 10.0. The van der Waals surface area contributed by atoms with Crippen LogP contribution < -0.4 is 5.32 Å². The van der Waals surface area contributed by atoms with Crippen LogP contribution >= 0.6 is 0 Å². The number of aryl methyl sites for hydroxylation is 2. The van der Waals surface area contributed by atoms with Gasteiger partial charge in [0, 0.05) is 31.7 Å². The first kappa shape index (κ1) is 15.0. The van der Waals surface area contributed by atoms with Gasteiger partial charge in [-0.05, 0) is 38.3 Å². The third-order valence-electron chi connectivity index (χ3n) is 4.48. The van der Waals surface area contributed by atoms with Gasteiger partial charge < -0.3 is 9.73 Å². The van der Waals surface area contributed by atoms with Gasteiger partial charge in [0.05, 0.1) is 6.04 Å². The predicted molar refractivity (Wildman–Crippen MR) is 86.8 cm³/mol. The Labute approximate surface area is 131 Å². The van der Waals surface area contributed by atoms with Crippen LogP contribution in [-0.2, 0) is 0 Å². The minimum absolute atomic E-state index is 0.195. The minimum atomic E-state index is 0.195. The first-order chi connectivity index (χ1) is 10.6. The third-order valence-corrected chi connectivity index (χ3v) is 4.48. The summed E-state index contributed by atoms with van der Waals surface area (Å²) in [5, 5.41) is 11.7. The quantitative estimate of drug-likeness (QED) is 0.938. The van der Waals surface area contributed by atoms with E-state index in [1.54, 1.807) is 0 Å². The molecule has 0 spiro atoms. The van der Waals surface area contributed by atoms with Crippen molar-refractivity contribution in [2.24, 2.45) is 0 Å². The molecule has 1 saturated heterocycles. The maximum absolute atomic E-state index is 5.56. The highest BCUT2D eigenvalue weighted by Gasteiger charge is 2.26. The second kappa shape index (κ2) is 6.48. The van der Waals surface area contributed by atoms with Gasteiger partial charge in [0.25, 0.3) is 0 Å². The molecule has 1 aromatic carbocycles. The molecule has 5 nitrogen and oxygen atoms in total. The normalized spacial score (nSPS) is 18.3. The number of hydrogen-bond acceptors (Lipinski definition) is 5. The molecular formula is C17H24N4O. The average molecular weight is 300 g/mol. The summed E-state index contributed by atoms with van der Waals surface area (Å²) < 4.78 is 5.56. The molecule has 0 amide bonds. The van der Waals surface area contributed by atoms with Crippen molar-refractivity contribution in [3.63, 3.8) is 0 Å². The molecule has 2 aromatic rings. The lowest BCUT2D eigenvalue weighted by Gasteiger charge is -2.35. The number of nitrogens with one attached hydrogen (secondary N) is 1. The lowest BCUT2D eigenvalue weighted by molar-refractivity contribution is 0.146. The van der Waals surface area contributed by atoms with E-state index in [1.165, 1.54) is 11.3 Å². The van der Waals surface area contributed by atoms with Gasteiger partial charge in [-0.25, -0.2) is 0 Å². The molecular weight excluding hydrogens is 276 g/mol. The molecule has 1 aliphatic rings. The number of aromatic nitrogens is 2. The van der Waals surface area contributed by atoms with E-state index < -0.39 is 0 Å². The number of likely N-dealkylation sites (tertiary alicyclic amines) is 1. The molecule has 3 rings (SSSR count).